The normalized spacial score (nSPS) is 15.0. The van der Waals surface area contributed by atoms with Gasteiger partial charge in [0, 0.05) is 43.4 Å². The van der Waals surface area contributed by atoms with Crippen LogP contribution in [0, 0.1) is 0 Å². The van der Waals surface area contributed by atoms with Gasteiger partial charge in [0.15, 0.2) is 0 Å². The van der Waals surface area contributed by atoms with Gasteiger partial charge in [-0.05, 0) is 24.3 Å². The summed E-state index contributed by atoms with van der Waals surface area (Å²) in [7, 11) is 0. The summed E-state index contributed by atoms with van der Waals surface area (Å²) in [6, 6.07) is 13.2. The summed E-state index contributed by atoms with van der Waals surface area (Å²) in [5, 5.41) is -0.145. The van der Waals surface area contributed by atoms with E-state index in [0.29, 0.717) is 26.2 Å². The summed E-state index contributed by atoms with van der Waals surface area (Å²) >= 11 is 0. The minimum atomic E-state index is -4.60. The lowest BCUT2D eigenvalue weighted by Crippen LogP contribution is -2.49. The van der Waals surface area contributed by atoms with Crippen LogP contribution in [0.1, 0.15) is 15.9 Å². The number of nitrogens with zero attached hydrogens (tertiary/aromatic N) is 2. The van der Waals surface area contributed by atoms with E-state index in [4.69, 9.17) is 0 Å². The van der Waals surface area contributed by atoms with E-state index in [2.05, 4.69) is 9.88 Å². The average Bonchev–Trinajstić information content (AvgIpc) is 2.73. The first-order chi connectivity index (χ1) is 13.9. The van der Waals surface area contributed by atoms with E-state index in [1.54, 1.807) is 4.90 Å². The third-order valence-corrected chi connectivity index (χ3v) is 5.14. The molecule has 1 fully saturated rings. The Hall–Kier alpha value is -3.29. The van der Waals surface area contributed by atoms with E-state index in [0.717, 1.165) is 18.0 Å². The van der Waals surface area contributed by atoms with Crippen molar-refractivity contribution >= 4 is 22.5 Å². The maximum Gasteiger partial charge on any atom is 0.418 e. The van der Waals surface area contributed by atoms with Gasteiger partial charge in [-0.1, -0.05) is 24.3 Å². The van der Waals surface area contributed by atoms with Gasteiger partial charge in [0.05, 0.1) is 11.1 Å². The van der Waals surface area contributed by atoms with Crippen molar-refractivity contribution in [1.29, 1.82) is 0 Å². The van der Waals surface area contributed by atoms with Crippen molar-refractivity contribution in [2.24, 2.45) is 0 Å². The second-order valence-electron chi connectivity index (χ2n) is 6.87. The van der Waals surface area contributed by atoms with E-state index in [9.17, 15) is 22.8 Å². The summed E-state index contributed by atoms with van der Waals surface area (Å²) in [6.45, 7) is 2.07. The van der Waals surface area contributed by atoms with Gasteiger partial charge in [-0.25, -0.2) is 0 Å². The number of amides is 1. The number of halogens is 3. The van der Waals surface area contributed by atoms with Gasteiger partial charge in [-0.2, -0.15) is 13.2 Å². The number of aromatic nitrogens is 1. The number of nitrogens with one attached hydrogen (secondary N) is 1. The smallest absolute Gasteiger partial charge is 0.368 e. The molecule has 0 spiro atoms. The van der Waals surface area contributed by atoms with Crippen molar-refractivity contribution in [3.05, 3.63) is 76.1 Å². The van der Waals surface area contributed by atoms with Gasteiger partial charge in [0.1, 0.15) is 5.56 Å². The molecule has 1 aromatic heterocycles. The highest BCUT2D eigenvalue weighted by Gasteiger charge is 2.33. The van der Waals surface area contributed by atoms with Crippen LogP contribution in [-0.4, -0.2) is 42.0 Å². The molecule has 4 rings (SSSR count). The number of pyridine rings is 1. The Labute approximate surface area is 164 Å². The number of carbonyl (C=O) groups excluding carboxylic acids is 1. The van der Waals surface area contributed by atoms with Gasteiger partial charge in [-0.3, -0.25) is 9.59 Å². The molecule has 150 valence electrons. The molecule has 0 aliphatic carbocycles. The van der Waals surface area contributed by atoms with E-state index in [-0.39, 0.29) is 16.5 Å². The molecule has 0 atom stereocenters. The van der Waals surface area contributed by atoms with Crippen LogP contribution in [0.5, 0.6) is 0 Å². The van der Waals surface area contributed by atoms with Crippen molar-refractivity contribution in [2.75, 3.05) is 31.1 Å². The van der Waals surface area contributed by atoms with Crippen LogP contribution in [0.4, 0.5) is 18.9 Å². The quantitative estimate of drug-likeness (QED) is 0.715. The predicted octanol–water partition coefficient (Wildman–Crippen LogP) is 3.51. The zero-order chi connectivity index (χ0) is 20.6. The molecule has 5 nitrogen and oxygen atoms in total. The molecule has 0 saturated carbocycles. The minimum absolute atomic E-state index is 0.145. The molecule has 2 heterocycles. The Balaban J connectivity index is 1.58. The number of hydrogen-bond acceptors (Lipinski definition) is 3. The number of rotatable bonds is 2. The van der Waals surface area contributed by atoms with Crippen LogP contribution in [0.15, 0.2) is 59.5 Å². The van der Waals surface area contributed by atoms with Gasteiger partial charge >= 0.3 is 6.18 Å². The number of anilines is 1. The molecule has 29 heavy (non-hydrogen) atoms. The van der Waals surface area contributed by atoms with Crippen molar-refractivity contribution in [3.8, 4) is 0 Å². The van der Waals surface area contributed by atoms with E-state index >= 15 is 0 Å². The lowest BCUT2D eigenvalue weighted by molar-refractivity contribution is -0.136. The molecular formula is C21H18F3N3O2. The Morgan fingerprint density at radius 2 is 1.62 bits per heavy atom. The first-order valence-corrected chi connectivity index (χ1v) is 9.17. The fourth-order valence-corrected chi connectivity index (χ4v) is 3.62. The SMILES string of the molecule is O=C(c1c[nH]c2c(C(F)(F)F)cccc2c1=O)N1CCN(c2ccccc2)CC1. The number of carbonyl (C=O) groups is 1. The fourth-order valence-electron chi connectivity index (χ4n) is 3.62. The number of alkyl halides is 3. The third-order valence-electron chi connectivity index (χ3n) is 5.14. The summed E-state index contributed by atoms with van der Waals surface area (Å²) in [5.41, 5.74) is -1.02. The monoisotopic (exact) mass is 401 g/mol. The van der Waals surface area contributed by atoms with Crippen molar-refractivity contribution in [3.63, 3.8) is 0 Å². The Kier molecular flexibility index (Phi) is 4.77. The van der Waals surface area contributed by atoms with E-state index in [1.165, 1.54) is 12.1 Å². The molecule has 1 amide bonds. The highest BCUT2D eigenvalue weighted by atomic mass is 19.4. The van der Waals surface area contributed by atoms with Gasteiger partial charge in [0.25, 0.3) is 5.91 Å². The maximum atomic E-state index is 13.2. The highest BCUT2D eigenvalue weighted by molar-refractivity contribution is 5.97. The standard InChI is InChI=1S/C21H18F3N3O2/c22-21(23,24)17-8-4-7-15-18(17)25-13-16(19(15)28)20(29)27-11-9-26(10-12-27)14-5-2-1-3-6-14/h1-8,13H,9-12H2,(H,25,28). The number of hydrogen-bond donors (Lipinski definition) is 1. The largest absolute Gasteiger partial charge is 0.418 e. The van der Waals surface area contributed by atoms with Crippen LogP contribution in [0.25, 0.3) is 10.9 Å². The number of para-hydroxylation sites is 2. The van der Waals surface area contributed by atoms with Crippen LogP contribution in [0.3, 0.4) is 0 Å². The van der Waals surface area contributed by atoms with Crippen molar-refractivity contribution in [1.82, 2.24) is 9.88 Å². The second kappa shape index (κ2) is 7.27. The maximum absolute atomic E-state index is 13.2. The van der Waals surface area contributed by atoms with Crippen LogP contribution in [0.2, 0.25) is 0 Å². The van der Waals surface area contributed by atoms with Crippen molar-refractivity contribution in [2.45, 2.75) is 6.18 Å². The molecular weight excluding hydrogens is 383 g/mol. The Morgan fingerprint density at radius 1 is 0.931 bits per heavy atom. The van der Waals surface area contributed by atoms with Gasteiger partial charge in [0.2, 0.25) is 5.43 Å². The Morgan fingerprint density at radius 3 is 2.28 bits per heavy atom. The lowest BCUT2D eigenvalue weighted by atomic mass is 10.1. The first kappa shape index (κ1) is 19.0. The summed E-state index contributed by atoms with van der Waals surface area (Å²) in [6.07, 6.45) is -3.51. The van der Waals surface area contributed by atoms with Crippen LogP contribution >= 0.6 is 0 Å². The topological polar surface area (TPSA) is 56.4 Å². The zero-order valence-corrected chi connectivity index (χ0v) is 15.4. The molecule has 8 heteroatoms. The summed E-state index contributed by atoms with van der Waals surface area (Å²) in [5.74, 6) is -0.474. The molecule has 1 N–H and O–H groups in total. The van der Waals surface area contributed by atoms with Crippen LogP contribution < -0.4 is 10.3 Å². The van der Waals surface area contributed by atoms with E-state index in [1.807, 2.05) is 30.3 Å². The summed E-state index contributed by atoms with van der Waals surface area (Å²) < 4.78 is 39.5. The van der Waals surface area contributed by atoms with E-state index < -0.39 is 23.1 Å². The van der Waals surface area contributed by atoms with Crippen LogP contribution in [-0.2, 0) is 6.18 Å². The highest BCUT2D eigenvalue weighted by Crippen LogP contribution is 2.33. The number of fused-ring (bicyclic) bond motifs is 1. The lowest BCUT2D eigenvalue weighted by Gasteiger charge is -2.36. The molecule has 1 aliphatic rings. The molecule has 3 aromatic rings. The Bertz CT molecular complexity index is 1100. The second-order valence-corrected chi connectivity index (χ2v) is 6.87. The number of piperazine rings is 1. The predicted molar refractivity (Wildman–Crippen MR) is 104 cm³/mol. The molecule has 2 aromatic carbocycles. The molecule has 1 saturated heterocycles. The molecule has 0 bridgehead atoms. The fraction of sp³-hybridized carbons (Fsp3) is 0.238. The van der Waals surface area contributed by atoms with Gasteiger partial charge < -0.3 is 14.8 Å². The first-order valence-electron chi connectivity index (χ1n) is 9.17. The van der Waals surface area contributed by atoms with Crippen molar-refractivity contribution < 1.29 is 18.0 Å². The minimum Gasteiger partial charge on any atom is -0.368 e. The molecule has 0 radical (unpaired) electrons. The molecule has 0 unspecified atom stereocenters. The molecule has 1 aliphatic heterocycles. The van der Waals surface area contributed by atoms with Gasteiger partial charge in [-0.15, -0.1) is 0 Å². The number of aromatic amines is 1. The zero-order valence-electron chi connectivity index (χ0n) is 15.4. The third kappa shape index (κ3) is 3.57. The number of H-pyrrole nitrogens is 1. The average molecular weight is 401 g/mol. The number of benzene rings is 2. The summed E-state index contributed by atoms with van der Waals surface area (Å²) in [4.78, 5) is 31.8.